The van der Waals surface area contributed by atoms with Crippen LogP contribution in [0.4, 0.5) is 5.82 Å². The maximum absolute atomic E-state index is 5.88. The fourth-order valence-corrected chi connectivity index (χ4v) is 2.06. The molecule has 0 saturated carbocycles. The van der Waals surface area contributed by atoms with Crippen molar-refractivity contribution in [3.63, 3.8) is 0 Å². The van der Waals surface area contributed by atoms with Gasteiger partial charge in [-0.3, -0.25) is 0 Å². The zero-order valence-electron chi connectivity index (χ0n) is 9.39. The third-order valence-corrected chi connectivity index (χ3v) is 2.82. The summed E-state index contributed by atoms with van der Waals surface area (Å²) in [6.07, 6.45) is 1.61. The molecule has 0 bridgehead atoms. The maximum Gasteiger partial charge on any atom is 0.226 e. The summed E-state index contributed by atoms with van der Waals surface area (Å²) in [4.78, 5) is 17.7. The second kappa shape index (κ2) is 6.38. The Morgan fingerprint density at radius 3 is 2.61 bits per heavy atom. The Morgan fingerprint density at radius 2 is 1.89 bits per heavy atom. The summed E-state index contributed by atoms with van der Waals surface area (Å²) in [6.45, 7) is 3.75. The molecule has 0 radical (unpaired) electrons. The van der Waals surface area contributed by atoms with Crippen LogP contribution in [0.5, 0.6) is 0 Å². The molecule has 18 heavy (non-hydrogen) atoms. The first kappa shape index (κ1) is 15.2. The summed E-state index contributed by atoms with van der Waals surface area (Å²) < 4.78 is 0. The number of aromatic amines is 1. The highest BCUT2D eigenvalue weighted by molar-refractivity contribution is 6.28. The largest absolute Gasteiger partial charge is 0.352 e. The number of H-pyrrole nitrogens is 1. The Balaban J connectivity index is 0.000000810. The molecule has 0 spiro atoms. The number of rotatable bonds is 1. The molecule has 1 aliphatic heterocycles. The molecule has 3 rings (SSSR count). The summed E-state index contributed by atoms with van der Waals surface area (Å²) >= 11 is 5.88. The number of nitrogens with one attached hydrogen (secondary N) is 2. The zero-order chi connectivity index (χ0) is 11.0. The molecular weight excluding hydrogens is 299 g/mol. The number of halogens is 3. The van der Waals surface area contributed by atoms with Crippen molar-refractivity contribution in [3.05, 3.63) is 11.6 Å². The number of hydrogen-bond acceptors (Lipinski definition) is 5. The van der Waals surface area contributed by atoms with Gasteiger partial charge in [0.25, 0.3) is 0 Å². The Bertz CT molecular complexity index is 510. The molecule has 9 heteroatoms. The molecule has 0 amide bonds. The van der Waals surface area contributed by atoms with Gasteiger partial charge in [-0.05, 0) is 11.6 Å². The van der Waals surface area contributed by atoms with Crippen LogP contribution in [0, 0.1) is 0 Å². The minimum Gasteiger partial charge on any atom is -0.352 e. The monoisotopic (exact) mass is 310 g/mol. The number of fused-ring (bicyclic) bond motifs is 1. The molecule has 1 aliphatic rings. The van der Waals surface area contributed by atoms with Gasteiger partial charge in [0.1, 0.15) is 5.52 Å². The molecule has 100 valence electrons. The van der Waals surface area contributed by atoms with Crippen molar-refractivity contribution < 1.29 is 0 Å². The fourth-order valence-electron chi connectivity index (χ4n) is 1.90. The van der Waals surface area contributed by atoms with E-state index < -0.39 is 0 Å². The predicted octanol–water partition coefficient (Wildman–Crippen LogP) is 1.26. The van der Waals surface area contributed by atoms with Gasteiger partial charge in [-0.2, -0.15) is 9.97 Å². The second-order valence-electron chi connectivity index (χ2n) is 3.65. The molecule has 2 aromatic rings. The van der Waals surface area contributed by atoms with E-state index in [1.54, 1.807) is 6.33 Å². The summed E-state index contributed by atoms with van der Waals surface area (Å²) in [5, 5.41) is 3.54. The van der Waals surface area contributed by atoms with E-state index in [0.717, 1.165) is 37.5 Å². The van der Waals surface area contributed by atoms with Crippen LogP contribution in [0.3, 0.4) is 0 Å². The molecule has 2 N–H and O–H groups in total. The molecule has 2 aromatic heterocycles. The quantitative estimate of drug-likeness (QED) is 0.776. The molecule has 0 unspecified atom stereocenters. The van der Waals surface area contributed by atoms with Crippen LogP contribution in [-0.2, 0) is 0 Å². The van der Waals surface area contributed by atoms with Crippen molar-refractivity contribution in [1.29, 1.82) is 0 Å². The Morgan fingerprint density at radius 1 is 1.17 bits per heavy atom. The number of hydrogen-bond donors (Lipinski definition) is 2. The van der Waals surface area contributed by atoms with Gasteiger partial charge in [0.15, 0.2) is 11.5 Å². The Hall–Kier alpha value is -0.820. The molecule has 3 heterocycles. The second-order valence-corrected chi connectivity index (χ2v) is 3.99. The average molecular weight is 312 g/mol. The van der Waals surface area contributed by atoms with E-state index in [9.17, 15) is 0 Å². The first-order valence-electron chi connectivity index (χ1n) is 5.17. The van der Waals surface area contributed by atoms with E-state index in [0.29, 0.717) is 5.65 Å². The van der Waals surface area contributed by atoms with E-state index in [4.69, 9.17) is 11.6 Å². The lowest BCUT2D eigenvalue weighted by molar-refractivity contribution is 0.586. The van der Waals surface area contributed by atoms with Crippen LogP contribution in [0.1, 0.15) is 0 Å². The van der Waals surface area contributed by atoms with E-state index in [2.05, 4.69) is 30.2 Å². The van der Waals surface area contributed by atoms with Crippen molar-refractivity contribution in [2.45, 2.75) is 0 Å². The minimum absolute atomic E-state index is 0. The van der Waals surface area contributed by atoms with Crippen molar-refractivity contribution in [3.8, 4) is 0 Å². The standard InChI is InChI=1S/C9H11ClN6.2ClH/c10-9-14-7-6(12-5-13-7)8(15-9)16-3-1-11-2-4-16;;/h5,11H,1-4H2,(H,12,13,14,15);2*1H. The van der Waals surface area contributed by atoms with E-state index in [-0.39, 0.29) is 30.1 Å². The van der Waals surface area contributed by atoms with E-state index in [1.807, 2.05) is 0 Å². The van der Waals surface area contributed by atoms with Crippen molar-refractivity contribution in [2.75, 3.05) is 31.1 Å². The summed E-state index contributed by atoms with van der Waals surface area (Å²) in [6, 6.07) is 0. The van der Waals surface area contributed by atoms with Gasteiger partial charge < -0.3 is 15.2 Å². The fraction of sp³-hybridized carbons (Fsp3) is 0.444. The summed E-state index contributed by atoms with van der Waals surface area (Å²) in [5.74, 6) is 0.842. The Labute approximate surface area is 121 Å². The lowest BCUT2D eigenvalue weighted by atomic mass is 10.3. The SMILES string of the molecule is Cl.Cl.Clc1nc(N2CCNCC2)c2[nH]cnc2n1. The number of piperazine rings is 1. The van der Waals surface area contributed by atoms with Gasteiger partial charge in [-0.25, -0.2) is 4.98 Å². The van der Waals surface area contributed by atoms with Crippen LogP contribution >= 0.6 is 36.4 Å². The normalized spacial score (nSPS) is 15.1. The number of imidazole rings is 1. The van der Waals surface area contributed by atoms with E-state index in [1.165, 1.54) is 0 Å². The molecule has 6 nitrogen and oxygen atoms in total. The number of anilines is 1. The third-order valence-electron chi connectivity index (χ3n) is 2.66. The smallest absolute Gasteiger partial charge is 0.226 e. The number of aromatic nitrogens is 4. The first-order chi connectivity index (χ1) is 7.84. The zero-order valence-corrected chi connectivity index (χ0v) is 11.8. The molecule has 1 saturated heterocycles. The van der Waals surface area contributed by atoms with Crippen molar-refractivity contribution in [2.24, 2.45) is 0 Å². The molecule has 0 aromatic carbocycles. The third kappa shape index (κ3) is 2.77. The first-order valence-corrected chi connectivity index (χ1v) is 5.55. The van der Waals surface area contributed by atoms with Gasteiger partial charge in [-0.15, -0.1) is 24.8 Å². The van der Waals surface area contributed by atoms with Crippen LogP contribution in [0.15, 0.2) is 6.33 Å². The Kier molecular flexibility index (Phi) is 5.40. The average Bonchev–Trinajstić information content (AvgIpc) is 2.77. The predicted molar refractivity (Wildman–Crippen MR) is 76.3 cm³/mol. The maximum atomic E-state index is 5.88. The van der Waals surface area contributed by atoms with Gasteiger partial charge in [0, 0.05) is 26.2 Å². The molecule has 1 fully saturated rings. The van der Waals surface area contributed by atoms with Gasteiger partial charge in [-0.1, -0.05) is 0 Å². The highest BCUT2D eigenvalue weighted by Gasteiger charge is 2.17. The van der Waals surface area contributed by atoms with Crippen LogP contribution in [-0.4, -0.2) is 46.1 Å². The lowest BCUT2D eigenvalue weighted by Gasteiger charge is -2.28. The van der Waals surface area contributed by atoms with Gasteiger partial charge in [0.2, 0.25) is 5.28 Å². The summed E-state index contributed by atoms with van der Waals surface area (Å²) in [5.41, 5.74) is 1.47. The minimum atomic E-state index is 0. The van der Waals surface area contributed by atoms with Crippen LogP contribution in [0.2, 0.25) is 5.28 Å². The molecule has 0 atom stereocenters. The molecular formula is C9H13Cl3N6. The van der Waals surface area contributed by atoms with Gasteiger partial charge in [0.05, 0.1) is 6.33 Å². The van der Waals surface area contributed by atoms with Gasteiger partial charge >= 0.3 is 0 Å². The van der Waals surface area contributed by atoms with Crippen LogP contribution in [0.25, 0.3) is 11.2 Å². The number of nitrogens with zero attached hydrogens (tertiary/aromatic N) is 4. The van der Waals surface area contributed by atoms with E-state index >= 15 is 0 Å². The topological polar surface area (TPSA) is 69.7 Å². The van der Waals surface area contributed by atoms with Crippen molar-refractivity contribution >= 4 is 53.4 Å². The lowest BCUT2D eigenvalue weighted by Crippen LogP contribution is -2.44. The summed E-state index contributed by atoms with van der Waals surface area (Å²) in [7, 11) is 0. The highest BCUT2D eigenvalue weighted by Crippen LogP contribution is 2.22. The molecule has 0 aliphatic carbocycles. The highest BCUT2D eigenvalue weighted by atomic mass is 35.5. The van der Waals surface area contributed by atoms with Crippen LogP contribution < -0.4 is 10.2 Å². The van der Waals surface area contributed by atoms with Crippen molar-refractivity contribution in [1.82, 2.24) is 25.3 Å².